The molecule has 0 aromatic carbocycles. The van der Waals surface area contributed by atoms with Gasteiger partial charge in [-0.2, -0.15) is 0 Å². The van der Waals surface area contributed by atoms with E-state index in [1.807, 2.05) is 0 Å². The number of ether oxygens (including phenoxy) is 1. The van der Waals surface area contributed by atoms with Crippen LogP contribution in [-0.2, 0) is 11.3 Å². The molecule has 0 radical (unpaired) electrons. The molecule has 2 heterocycles. The minimum absolute atomic E-state index is 0.0247. The number of aliphatic hydroxyl groups is 1. The zero-order valence-electron chi connectivity index (χ0n) is 7.31. The molecule has 0 saturated carbocycles. The first-order valence-corrected chi connectivity index (χ1v) is 4.40. The third-order valence-electron chi connectivity index (χ3n) is 2.19. The van der Waals surface area contributed by atoms with Crippen molar-refractivity contribution in [1.82, 2.24) is 9.97 Å². The molecule has 1 fully saturated rings. The minimum atomic E-state index is -0.0247. The summed E-state index contributed by atoms with van der Waals surface area (Å²) in [5.74, 6) is 1.11. The van der Waals surface area contributed by atoms with Gasteiger partial charge >= 0.3 is 0 Å². The van der Waals surface area contributed by atoms with Gasteiger partial charge in [0, 0.05) is 18.7 Å². The van der Waals surface area contributed by atoms with Crippen molar-refractivity contribution in [2.75, 3.05) is 13.2 Å². The number of aromatic nitrogens is 2. The topological polar surface area (TPSA) is 55.2 Å². The number of rotatable bonds is 2. The van der Waals surface area contributed by atoms with Crippen molar-refractivity contribution in [3.63, 3.8) is 0 Å². The van der Waals surface area contributed by atoms with E-state index < -0.39 is 0 Å². The van der Waals surface area contributed by atoms with E-state index in [1.165, 1.54) is 0 Å². The molecule has 0 bridgehead atoms. The quantitative estimate of drug-likeness (QED) is 0.719. The molecular weight excluding hydrogens is 168 g/mol. The summed E-state index contributed by atoms with van der Waals surface area (Å²) >= 11 is 0. The SMILES string of the molecule is OCc1ccnc([C@H]2CCOC2)n1. The summed E-state index contributed by atoms with van der Waals surface area (Å²) in [4.78, 5) is 8.40. The van der Waals surface area contributed by atoms with E-state index in [9.17, 15) is 0 Å². The molecule has 1 saturated heterocycles. The van der Waals surface area contributed by atoms with E-state index in [0.717, 1.165) is 18.9 Å². The summed E-state index contributed by atoms with van der Waals surface area (Å²) in [5.41, 5.74) is 0.678. The summed E-state index contributed by atoms with van der Waals surface area (Å²) in [6.45, 7) is 1.47. The maximum absolute atomic E-state index is 8.88. The van der Waals surface area contributed by atoms with Crippen LogP contribution in [0.15, 0.2) is 12.3 Å². The first kappa shape index (κ1) is 8.59. The van der Waals surface area contributed by atoms with Crippen LogP contribution in [0.5, 0.6) is 0 Å². The van der Waals surface area contributed by atoms with Crippen LogP contribution < -0.4 is 0 Å². The van der Waals surface area contributed by atoms with E-state index in [2.05, 4.69) is 9.97 Å². The molecule has 70 valence electrons. The van der Waals surface area contributed by atoms with Crippen LogP contribution in [0.3, 0.4) is 0 Å². The van der Waals surface area contributed by atoms with Crippen LogP contribution in [0.1, 0.15) is 23.9 Å². The van der Waals surface area contributed by atoms with Gasteiger partial charge in [0.15, 0.2) is 0 Å². The van der Waals surface area contributed by atoms with Crippen LogP contribution in [0, 0.1) is 0 Å². The predicted octanol–water partition coefficient (Wildman–Crippen LogP) is 0.473. The fourth-order valence-corrected chi connectivity index (χ4v) is 1.44. The van der Waals surface area contributed by atoms with Crippen molar-refractivity contribution in [3.8, 4) is 0 Å². The molecule has 0 unspecified atom stereocenters. The van der Waals surface area contributed by atoms with Gasteiger partial charge in [-0.1, -0.05) is 0 Å². The highest BCUT2D eigenvalue weighted by molar-refractivity contribution is 5.05. The zero-order valence-corrected chi connectivity index (χ0v) is 7.31. The molecule has 0 amide bonds. The van der Waals surface area contributed by atoms with Crippen LogP contribution in [0.4, 0.5) is 0 Å². The smallest absolute Gasteiger partial charge is 0.134 e. The van der Waals surface area contributed by atoms with Crippen LogP contribution >= 0.6 is 0 Å². The highest BCUT2D eigenvalue weighted by atomic mass is 16.5. The molecule has 2 rings (SSSR count). The molecule has 4 nitrogen and oxygen atoms in total. The van der Waals surface area contributed by atoms with Gasteiger partial charge in [-0.05, 0) is 12.5 Å². The normalized spacial score (nSPS) is 22.1. The first-order valence-electron chi connectivity index (χ1n) is 4.40. The third-order valence-corrected chi connectivity index (χ3v) is 2.19. The van der Waals surface area contributed by atoms with Crippen molar-refractivity contribution in [1.29, 1.82) is 0 Å². The molecule has 1 atom stereocenters. The fraction of sp³-hybridized carbons (Fsp3) is 0.556. The van der Waals surface area contributed by atoms with Gasteiger partial charge in [0.05, 0.1) is 18.9 Å². The van der Waals surface area contributed by atoms with Crippen molar-refractivity contribution >= 4 is 0 Å². The van der Waals surface area contributed by atoms with E-state index in [1.54, 1.807) is 12.3 Å². The van der Waals surface area contributed by atoms with Crippen LogP contribution in [0.25, 0.3) is 0 Å². The van der Waals surface area contributed by atoms with Crippen molar-refractivity contribution in [3.05, 3.63) is 23.8 Å². The molecule has 1 aromatic rings. The first-order chi connectivity index (χ1) is 6.40. The Hall–Kier alpha value is -1.00. The minimum Gasteiger partial charge on any atom is -0.390 e. The van der Waals surface area contributed by atoms with Gasteiger partial charge < -0.3 is 9.84 Å². The summed E-state index contributed by atoms with van der Waals surface area (Å²) in [7, 11) is 0. The molecule has 1 aliphatic heterocycles. The maximum atomic E-state index is 8.88. The number of nitrogens with zero attached hydrogens (tertiary/aromatic N) is 2. The van der Waals surface area contributed by atoms with E-state index in [0.29, 0.717) is 18.2 Å². The Labute approximate surface area is 76.6 Å². The second-order valence-electron chi connectivity index (χ2n) is 3.12. The van der Waals surface area contributed by atoms with Gasteiger partial charge in [-0.25, -0.2) is 9.97 Å². The Morgan fingerprint density at radius 2 is 2.54 bits per heavy atom. The van der Waals surface area contributed by atoms with Gasteiger partial charge in [-0.3, -0.25) is 0 Å². The van der Waals surface area contributed by atoms with E-state index in [-0.39, 0.29) is 6.61 Å². The molecule has 1 aromatic heterocycles. The van der Waals surface area contributed by atoms with Crippen LogP contribution in [0.2, 0.25) is 0 Å². The molecular formula is C9H12N2O2. The lowest BCUT2D eigenvalue weighted by atomic mass is 10.1. The van der Waals surface area contributed by atoms with Crippen molar-refractivity contribution < 1.29 is 9.84 Å². The zero-order chi connectivity index (χ0) is 9.10. The van der Waals surface area contributed by atoms with Crippen molar-refractivity contribution in [2.24, 2.45) is 0 Å². The second-order valence-corrected chi connectivity index (χ2v) is 3.12. The molecule has 0 aliphatic carbocycles. The highest BCUT2D eigenvalue weighted by Gasteiger charge is 2.20. The van der Waals surface area contributed by atoms with Gasteiger partial charge in [-0.15, -0.1) is 0 Å². The van der Waals surface area contributed by atoms with Gasteiger partial charge in [0.2, 0.25) is 0 Å². The fourth-order valence-electron chi connectivity index (χ4n) is 1.44. The standard InChI is InChI=1S/C9H12N2O2/c12-5-8-1-3-10-9(11-8)7-2-4-13-6-7/h1,3,7,12H,2,4-6H2/t7-/m0/s1. The van der Waals surface area contributed by atoms with E-state index in [4.69, 9.17) is 9.84 Å². The average Bonchev–Trinajstić information content (AvgIpc) is 2.71. The Morgan fingerprint density at radius 3 is 3.23 bits per heavy atom. The largest absolute Gasteiger partial charge is 0.390 e. The summed E-state index contributed by atoms with van der Waals surface area (Å²) < 4.78 is 5.24. The van der Waals surface area contributed by atoms with Gasteiger partial charge in [0.25, 0.3) is 0 Å². The van der Waals surface area contributed by atoms with E-state index >= 15 is 0 Å². The second kappa shape index (κ2) is 3.81. The lowest BCUT2D eigenvalue weighted by Gasteiger charge is -2.05. The summed E-state index contributed by atoms with van der Waals surface area (Å²) in [5, 5.41) is 8.88. The monoisotopic (exact) mass is 180 g/mol. The number of aliphatic hydroxyl groups excluding tert-OH is 1. The van der Waals surface area contributed by atoms with Crippen LogP contribution in [-0.4, -0.2) is 28.3 Å². The molecule has 0 spiro atoms. The molecule has 4 heteroatoms. The molecule has 1 aliphatic rings. The Morgan fingerprint density at radius 1 is 1.62 bits per heavy atom. The van der Waals surface area contributed by atoms with Gasteiger partial charge in [0.1, 0.15) is 5.82 Å². The summed E-state index contributed by atoms with van der Waals surface area (Å²) in [6.07, 6.45) is 2.67. The summed E-state index contributed by atoms with van der Waals surface area (Å²) in [6, 6.07) is 1.72. The maximum Gasteiger partial charge on any atom is 0.134 e. The lowest BCUT2D eigenvalue weighted by molar-refractivity contribution is 0.193. The number of hydrogen-bond donors (Lipinski definition) is 1. The number of hydrogen-bond acceptors (Lipinski definition) is 4. The third kappa shape index (κ3) is 1.84. The lowest BCUT2D eigenvalue weighted by Crippen LogP contribution is -2.05. The Kier molecular flexibility index (Phi) is 2.52. The Balaban J connectivity index is 2.18. The van der Waals surface area contributed by atoms with Crippen molar-refractivity contribution in [2.45, 2.75) is 18.9 Å². The predicted molar refractivity (Wildman–Crippen MR) is 46.1 cm³/mol. The Bertz CT molecular complexity index is 285. The average molecular weight is 180 g/mol. The molecule has 13 heavy (non-hydrogen) atoms. The highest BCUT2D eigenvalue weighted by Crippen LogP contribution is 2.21. The molecule has 1 N–H and O–H groups in total.